The van der Waals surface area contributed by atoms with Gasteiger partial charge in [-0.2, -0.15) is 11.3 Å². The second-order valence-electron chi connectivity index (χ2n) is 6.37. The fraction of sp³-hybridized carbons (Fsp3) is 0.368. The molecule has 1 fully saturated rings. The highest BCUT2D eigenvalue weighted by Crippen LogP contribution is 2.18. The van der Waals surface area contributed by atoms with Crippen molar-refractivity contribution in [3.05, 3.63) is 57.3 Å². The van der Waals surface area contributed by atoms with E-state index < -0.39 is 0 Å². The Bertz CT molecular complexity index is 732. The van der Waals surface area contributed by atoms with Crippen LogP contribution in [0, 0.1) is 13.8 Å². The van der Waals surface area contributed by atoms with Crippen LogP contribution in [0.15, 0.2) is 35.0 Å². The van der Waals surface area contributed by atoms with Crippen LogP contribution in [0.4, 0.5) is 0 Å². The summed E-state index contributed by atoms with van der Waals surface area (Å²) in [5.74, 6) is 0.0746. The van der Waals surface area contributed by atoms with Crippen molar-refractivity contribution in [2.24, 2.45) is 0 Å². The van der Waals surface area contributed by atoms with Gasteiger partial charge in [0.15, 0.2) is 0 Å². The number of thiophene rings is 1. The largest absolute Gasteiger partial charge is 0.349 e. The maximum Gasteiger partial charge on any atom is 0.254 e. The number of hydrogen-bond donors (Lipinski definition) is 1. The van der Waals surface area contributed by atoms with Crippen LogP contribution in [0.5, 0.6) is 0 Å². The number of hydrogen-bond acceptors (Lipinski definition) is 3. The van der Waals surface area contributed by atoms with Crippen LogP contribution in [-0.4, -0.2) is 35.8 Å². The van der Waals surface area contributed by atoms with Crippen molar-refractivity contribution in [2.75, 3.05) is 13.1 Å². The predicted molar refractivity (Wildman–Crippen MR) is 96.6 cm³/mol. The van der Waals surface area contributed by atoms with E-state index in [1.165, 1.54) is 16.9 Å². The molecule has 126 valence electrons. The molecule has 1 aromatic carbocycles. The Morgan fingerprint density at radius 2 is 1.92 bits per heavy atom. The Labute approximate surface area is 146 Å². The van der Waals surface area contributed by atoms with Crippen LogP contribution in [-0.2, 0) is 0 Å². The molecule has 1 aliphatic rings. The summed E-state index contributed by atoms with van der Waals surface area (Å²) >= 11 is 1.52. The van der Waals surface area contributed by atoms with Crippen LogP contribution in [0.25, 0.3) is 0 Å². The average molecular weight is 342 g/mol. The lowest BCUT2D eigenvalue weighted by Crippen LogP contribution is -2.46. The topological polar surface area (TPSA) is 49.4 Å². The van der Waals surface area contributed by atoms with Crippen molar-refractivity contribution >= 4 is 23.2 Å². The third-order valence-electron chi connectivity index (χ3n) is 4.51. The van der Waals surface area contributed by atoms with Crippen molar-refractivity contribution < 1.29 is 9.59 Å². The Morgan fingerprint density at radius 1 is 1.17 bits per heavy atom. The van der Waals surface area contributed by atoms with Crippen LogP contribution in [0.1, 0.15) is 44.7 Å². The zero-order valence-electron chi connectivity index (χ0n) is 14.0. The molecule has 0 aliphatic carbocycles. The molecule has 3 rings (SSSR count). The molecular weight excluding hydrogens is 320 g/mol. The first kappa shape index (κ1) is 16.7. The lowest BCUT2D eigenvalue weighted by Gasteiger charge is -2.32. The van der Waals surface area contributed by atoms with Gasteiger partial charge in [0.05, 0.1) is 0 Å². The SMILES string of the molecule is Cc1ccc(C(=O)N2CCC(NC(=O)c3ccsc3)CC2)c(C)c1. The summed E-state index contributed by atoms with van der Waals surface area (Å²) in [7, 11) is 0. The third-order valence-corrected chi connectivity index (χ3v) is 5.20. The summed E-state index contributed by atoms with van der Waals surface area (Å²) in [6.07, 6.45) is 1.60. The fourth-order valence-corrected chi connectivity index (χ4v) is 3.75. The average Bonchev–Trinajstić information content (AvgIpc) is 3.09. The van der Waals surface area contributed by atoms with Crippen LogP contribution >= 0.6 is 11.3 Å². The minimum atomic E-state index is -0.0181. The van der Waals surface area contributed by atoms with Crippen molar-refractivity contribution in [1.82, 2.24) is 10.2 Å². The predicted octanol–water partition coefficient (Wildman–Crippen LogP) is 3.40. The molecule has 0 bridgehead atoms. The van der Waals surface area contributed by atoms with E-state index in [0.717, 1.165) is 24.0 Å². The molecule has 0 radical (unpaired) electrons. The molecule has 0 saturated carbocycles. The number of piperidine rings is 1. The molecule has 0 unspecified atom stereocenters. The molecule has 5 heteroatoms. The normalized spacial score (nSPS) is 15.3. The molecule has 2 heterocycles. The molecule has 2 amide bonds. The van der Waals surface area contributed by atoms with E-state index in [1.54, 1.807) is 0 Å². The Morgan fingerprint density at radius 3 is 2.54 bits per heavy atom. The number of benzene rings is 1. The molecule has 0 atom stereocenters. The summed E-state index contributed by atoms with van der Waals surface area (Å²) in [5, 5.41) is 6.83. The highest BCUT2D eigenvalue weighted by Gasteiger charge is 2.25. The monoisotopic (exact) mass is 342 g/mol. The van der Waals surface area contributed by atoms with Gasteiger partial charge in [0.25, 0.3) is 11.8 Å². The van der Waals surface area contributed by atoms with E-state index in [1.807, 2.05) is 53.8 Å². The second kappa shape index (κ2) is 7.18. The molecule has 24 heavy (non-hydrogen) atoms. The van der Waals surface area contributed by atoms with Gasteiger partial charge in [-0.15, -0.1) is 0 Å². The quantitative estimate of drug-likeness (QED) is 0.929. The van der Waals surface area contributed by atoms with Gasteiger partial charge in [-0.25, -0.2) is 0 Å². The number of nitrogens with zero attached hydrogens (tertiary/aromatic N) is 1. The standard InChI is InChI=1S/C19H22N2O2S/c1-13-3-4-17(14(2)11-13)19(23)21-8-5-16(6-9-21)20-18(22)15-7-10-24-12-15/h3-4,7,10-12,16H,5-6,8-9H2,1-2H3,(H,20,22). The fourth-order valence-electron chi connectivity index (χ4n) is 3.11. The summed E-state index contributed by atoms with van der Waals surface area (Å²) in [6, 6.07) is 7.91. The van der Waals surface area contributed by atoms with E-state index in [9.17, 15) is 9.59 Å². The lowest BCUT2D eigenvalue weighted by atomic mass is 10.0. The van der Waals surface area contributed by atoms with E-state index in [0.29, 0.717) is 18.7 Å². The number of nitrogens with one attached hydrogen (secondary N) is 1. The zero-order valence-corrected chi connectivity index (χ0v) is 14.9. The smallest absolute Gasteiger partial charge is 0.254 e. The summed E-state index contributed by atoms with van der Waals surface area (Å²) in [6.45, 7) is 5.37. The van der Waals surface area contributed by atoms with Crippen LogP contribution in [0.3, 0.4) is 0 Å². The van der Waals surface area contributed by atoms with E-state index >= 15 is 0 Å². The first-order valence-corrected chi connectivity index (χ1v) is 9.18. The minimum absolute atomic E-state index is 0.0181. The van der Waals surface area contributed by atoms with Gasteiger partial charge in [-0.05, 0) is 49.8 Å². The first-order chi connectivity index (χ1) is 11.5. The molecule has 0 spiro atoms. The summed E-state index contributed by atoms with van der Waals surface area (Å²) < 4.78 is 0. The van der Waals surface area contributed by atoms with Crippen LogP contribution < -0.4 is 5.32 Å². The Balaban J connectivity index is 1.56. The molecular formula is C19H22N2O2S. The maximum atomic E-state index is 12.7. The number of carbonyl (C=O) groups is 2. The van der Waals surface area contributed by atoms with Crippen molar-refractivity contribution in [2.45, 2.75) is 32.7 Å². The molecule has 1 aromatic heterocycles. The van der Waals surface area contributed by atoms with Crippen molar-refractivity contribution in [3.8, 4) is 0 Å². The summed E-state index contributed by atoms with van der Waals surface area (Å²) in [4.78, 5) is 26.7. The van der Waals surface area contributed by atoms with Gasteiger partial charge in [0.2, 0.25) is 0 Å². The number of rotatable bonds is 3. The van der Waals surface area contributed by atoms with Gasteiger partial charge in [0, 0.05) is 35.6 Å². The van der Waals surface area contributed by atoms with E-state index in [-0.39, 0.29) is 17.9 Å². The minimum Gasteiger partial charge on any atom is -0.349 e. The van der Waals surface area contributed by atoms with Crippen molar-refractivity contribution in [1.29, 1.82) is 0 Å². The molecule has 1 aliphatic heterocycles. The molecule has 1 saturated heterocycles. The highest BCUT2D eigenvalue weighted by atomic mass is 32.1. The first-order valence-electron chi connectivity index (χ1n) is 8.24. The highest BCUT2D eigenvalue weighted by molar-refractivity contribution is 7.08. The Hall–Kier alpha value is -2.14. The van der Waals surface area contributed by atoms with Gasteiger partial charge < -0.3 is 10.2 Å². The van der Waals surface area contributed by atoms with Crippen LogP contribution in [0.2, 0.25) is 0 Å². The van der Waals surface area contributed by atoms with Gasteiger partial charge in [-0.3, -0.25) is 9.59 Å². The van der Waals surface area contributed by atoms with Gasteiger partial charge in [0.1, 0.15) is 0 Å². The van der Waals surface area contributed by atoms with E-state index in [4.69, 9.17) is 0 Å². The number of amides is 2. The lowest BCUT2D eigenvalue weighted by molar-refractivity contribution is 0.0697. The number of aryl methyl sites for hydroxylation is 2. The molecule has 1 N–H and O–H groups in total. The number of carbonyl (C=O) groups excluding carboxylic acids is 2. The number of likely N-dealkylation sites (tertiary alicyclic amines) is 1. The molecule has 4 nitrogen and oxygen atoms in total. The molecule has 2 aromatic rings. The Kier molecular flexibility index (Phi) is 5.00. The second-order valence-corrected chi connectivity index (χ2v) is 7.15. The van der Waals surface area contributed by atoms with Gasteiger partial charge >= 0.3 is 0 Å². The van der Waals surface area contributed by atoms with Crippen molar-refractivity contribution in [3.63, 3.8) is 0 Å². The third kappa shape index (κ3) is 3.67. The van der Waals surface area contributed by atoms with Gasteiger partial charge in [-0.1, -0.05) is 17.7 Å². The zero-order chi connectivity index (χ0) is 17.1. The maximum absolute atomic E-state index is 12.7. The summed E-state index contributed by atoms with van der Waals surface area (Å²) in [5.41, 5.74) is 3.68. The van der Waals surface area contributed by atoms with E-state index in [2.05, 4.69) is 5.32 Å².